The van der Waals surface area contributed by atoms with Crippen LogP contribution in [0, 0.1) is 17.8 Å². The SMILES string of the molecule is CC(=O)O[C@H](C[C@@H](NCOC(=O)CC(C)C)C(C)C)c1nc(C(=O)N[C@@H](Cc2ccccc2)C[C@H](C)C(=O)O)cs1. The zero-order valence-corrected chi connectivity index (χ0v) is 25.5. The van der Waals surface area contributed by atoms with E-state index in [1.165, 1.54) is 18.3 Å². The van der Waals surface area contributed by atoms with E-state index in [4.69, 9.17) is 9.47 Å². The van der Waals surface area contributed by atoms with Crippen molar-refractivity contribution in [2.24, 2.45) is 17.8 Å². The summed E-state index contributed by atoms with van der Waals surface area (Å²) in [7, 11) is 0. The number of ether oxygens (including phenoxy) is 2. The van der Waals surface area contributed by atoms with Crippen LogP contribution < -0.4 is 10.6 Å². The quantitative estimate of drug-likeness (QED) is 0.176. The molecule has 0 bridgehead atoms. The predicted molar refractivity (Wildman–Crippen MR) is 156 cm³/mol. The maximum absolute atomic E-state index is 13.2. The minimum atomic E-state index is -0.930. The fourth-order valence-corrected chi connectivity index (χ4v) is 5.10. The Bertz CT molecular complexity index is 1140. The van der Waals surface area contributed by atoms with E-state index in [0.717, 1.165) is 5.56 Å². The predicted octanol–water partition coefficient (Wildman–Crippen LogP) is 4.75. The molecule has 3 N–H and O–H groups in total. The van der Waals surface area contributed by atoms with Crippen molar-refractivity contribution in [3.8, 4) is 0 Å². The molecule has 41 heavy (non-hydrogen) atoms. The fraction of sp³-hybridized carbons (Fsp3) is 0.567. The van der Waals surface area contributed by atoms with Gasteiger partial charge in [0.2, 0.25) is 0 Å². The maximum Gasteiger partial charge on any atom is 0.307 e. The second-order valence-electron chi connectivity index (χ2n) is 11.1. The summed E-state index contributed by atoms with van der Waals surface area (Å²) >= 11 is 1.21. The molecule has 0 radical (unpaired) electrons. The highest BCUT2D eigenvalue weighted by Gasteiger charge is 2.28. The Hall–Kier alpha value is -3.31. The molecule has 0 fully saturated rings. The van der Waals surface area contributed by atoms with E-state index in [9.17, 15) is 24.3 Å². The minimum Gasteiger partial charge on any atom is -0.481 e. The molecule has 226 valence electrons. The van der Waals surface area contributed by atoms with E-state index in [0.29, 0.717) is 24.3 Å². The molecule has 1 amide bonds. The third-order valence-electron chi connectivity index (χ3n) is 6.48. The summed E-state index contributed by atoms with van der Waals surface area (Å²) in [6.07, 6.45) is 0.709. The Balaban J connectivity index is 2.14. The van der Waals surface area contributed by atoms with Gasteiger partial charge in [0.1, 0.15) is 17.4 Å². The molecule has 0 aliphatic rings. The summed E-state index contributed by atoms with van der Waals surface area (Å²) in [5, 5.41) is 17.6. The molecule has 2 rings (SSSR count). The molecule has 4 atom stereocenters. The Morgan fingerprint density at radius 3 is 2.29 bits per heavy atom. The molecule has 2 aromatic rings. The van der Waals surface area contributed by atoms with E-state index in [1.807, 2.05) is 58.0 Å². The average Bonchev–Trinajstić information content (AvgIpc) is 3.38. The van der Waals surface area contributed by atoms with Crippen LogP contribution in [0.15, 0.2) is 35.7 Å². The molecule has 10 nitrogen and oxygen atoms in total. The van der Waals surface area contributed by atoms with Gasteiger partial charge in [-0.15, -0.1) is 11.3 Å². The highest BCUT2D eigenvalue weighted by atomic mass is 32.1. The summed E-state index contributed by atoms with van der Waals surface area (Å²) in [6.45, 7) is 10.9. The van der Waals surface area contributed by atoms with Gasteiger partial charge in [-0.05, 0) is 30.2 Å². The lowest BCUT2D eigenvalue weighted by Crippen LogP contribution is -2.39. The molecular weight excluding hydrogens is 546 g/mol. The molecule has 1 aromatic carbocycles. The third kappa shape index (κ3) is 12.4. The van der Waals surface area contributed by atoms with Crippen LogP contribution in [0.4, 0.5) is 0 Å². The van der Waals surface area contributed by atoms with Crippen LogP contribution in [0.5, 0.6) is 0 Å². The number of esters is 2. The van der Waals surface area contributed by atoms with E-state index in [1.54, 1.807) is 12.3 Å². The van der Waals surface area contributed by atoms with E-state index in [2.05, 4.69) is 15.6 Å². The van der Waals surface area contributed by atoms with Crippen molar-refractivity contribution < 1.29 is 33.8 Å². The number of nitrogens with one attached hydrogen (secondary N) is 2. The van der Waals surface area contributed by atoms with Gasteiger partial charge >= 0.3 is 17.9 Å². The number of thiazole rings is 1. The summed E-state index contributed by atoms with van der Waals surface area (Å²) in [4.78, 5) is 53.0. The number of carboxylic acid groups (broad SMARTS) is 1. The number of nitrogens with zero attached hydrogens (tertiary/aromatic N) is 1. The summed E-state index contributed by atoms with van der Waals surface area (Å²) in [6, 6.07) is 8.96. The maximum atomic E-state index is 13.2. The van der Waals surface area contributed by atoms with Crippen molar-refractivity contribution in [3.05, 3.63) is 52.0 Å². The largest absolute Gasteiger partial charge is 0.481 e. The standard InChI is InChI=1S/C30H43N3O7S/c1-18(2)12-27(35)39-17-31-24(19(3)4)15-26(40-21(6)34)29-33-25(16-41-29)28(36)32-23(13-20(5)30(37)38)14-22-10-8-7-9-11-22/h7-11,16,18-20,23-24,26,31H,12-15,17H2,1-6H3,(H,32,36)(H,37,38)/t20-,23+,24+,26+/m0/s1. The van der Waals surface area contributed by atoms with Crippen molar-refractivity contribution >= 4 is 35.2 Å². The van der Waals surface area contributed by atoms with Crippen LogP contribution in [0.2, 0.25) is 0 Å². The first-order valence-electron chi connectivity index (χ1n) is 13.9. The lowest BCUT2D eigenvalue weighted by molar-refractivity contribution is -0.147. The smallest absolute Gasteiger partial charge is 0.307 e. The normalized spacial score (nSPS) is 14.2. The topological polar surface area (TPSA) is 144 Å². The van der Waals surface area contributed by atoms with Gasteiger partial charge in [-0.1, -0.05) is 65.0 Å². The van der Waals surface area contributed by atoms with Crippen LogP contribution in [0.1, 0.15) is 88.0 Å². The number of aliphatic carboxylic acids is 1. The molecule has 1 aromatic heterocycles. The van der Waals surface area contributed by atoms with Crippen molar-refractivity contribution in [1.82, 2.24) is 15.6 Å². The van der Waals surface area contributed by atoms with E-state index >= 15 is 0 Å². The van der Waals surface area contributed by atoms with Gasteiger partial charge in [0, 0.05) is 37.2 Å². The Morgan fingerprint density at radius 1 is 1.02 bits per heavy atom. The summed E-state index contributed by atoms with van der Waals surface area (Å²) < 4.78 is 10.9. The van der Waals surface area contributed by atoms with E-state index in [-0.39, 0.29) is 42.7 Å². The molecule has 11 heteroatoms. The van der Waals surface area contributed by atoms with Crippen molar-refractivity contribution in [2.45, 2.75) is 85.4 Å². The zero-order valence-electron chi connectivity index (χ0n) is 24.7. The number of carbonyl (C=O) groups is 4. The van der Waals surface area contributed by atoms with Gasteiger partial charge in [0.05, 0.1) is 5.92 Å². The summed E-state index contributed by atoms with van der Waals surface area (Å²) in [5.74, 6) is -2.45. The van der Waals surface area contributed by atoms with Crippen LogP contribution in [0.3, 0.4) is 0 Å². The van der Waals surface area contributed by atoms with Crippen molar-refractivity contribution in [2.75, 3.05) is 6.73 Å². The van der Waals surface area contributed by atoms with Crippen LogP contribution in [-0.4, -0.2) is 52.7 Å². The highest BCUT2D eigenvalue weighted by molar-refractivity contribution is 7.09. The average molecular weight is 590 g/mol. The number of carboxylic acids is 1. The molecule has 0 unspecified atom stereocenters. The number of carbonyl (C=O) groups excluding carboxylic acids is 3. The highest BCUT2D eigenvalue weighted by Crippen LogP contribution is 2.28. The van der Waals surface area contributed by atoms with Gasteiger partial charge in [-0.25, -0.2) is 4.98 Å². The Labute approximate surface area is 246 Å². The minimum absolute atomic E-state index is 0.0320. The number of aromatic nitrogens is 1. The Kier molecular flexibility index (Phi) is 13.9. The monoisotopic (exact) mass is 589 g/mol. The summed E-state index contributed by atoms with van der Waals surface area (Å²) in [5.41, 5.74) is 1.14. The number of benzene rings is 1. The number of hydrogen-bond acceptors (Lipinski definition) is 9. The third-order valence-corrected chi connectivity index (χ3v) is 7.42. The molecule has 0 spiro atoms. The lowest BCUT2D eigenvalue weighted by Gasteiger charge is -2.26. The van der Waals surface area contributed by atoms with E-state index < -0.39 is 35.9 Å². The molecule has 1 heterocycles. The lowest BCUT2D eigenvalue weighted by atomic mass is 9.96. The first-order valence-corrected chi connectivity index (χ1v) is 14.8. The molecule has 0 saturated heterocycles. The zero-order chi connectivity index (χ0) is 30.5. The number of rotatable bonds is 17. The number of amides is 1. The van der Waals surface area contributed by atoms with Crippen molar-refractivity contribution in [3.63, 3.8) is 0 Å². The fourth-order valence-electron chi connectivity index (χ4n) is 4.26. The first kappa shape index (κ1) is 33.9. The van der Waals surface area contributed by atoms with Crippen LogP contribution in [0.25, 0.3) is 0 Å². The Morgan fingerprint density at radius 2 is 1.71 bits per heavy atom. The molecule has 0 aliphatic carbocycles. The second-order valence-corrected chi connectivity index (χ2v) is 11.9. The molecule has 0 aliphatic heterocycles. The van der Waals surface area contributed by atoms with Crippen molar-refractivity contribution in [1.29, 1.82) is 0 Å². The molecule has 0 saturated carbocycles. The second kappa shape index (κ2) is 16.8. The van der Waals surface area contributed by atoms with Gasteiger partial charge in [0.15, 0.2) is 6.10 Å². The van der Waals surface area contributed by atoms with Crippen LogP contribution >= 0.6 is 11.3 Å². The number of hydrogen-bond donors (Lipinski definition) is 3. The first-order chi connectivity index (χ1) is 19.3. The van der Waals surface area contributed by atoms with Gasteiger partial charge in [-0.3, -0.25) is 24.5 Å². The van der Waals surface area contributed by atoms with Gasteiger partial charge < -0.3 is 19.9 Å². The molecular formula is C30H43N3O7S. The van der Waals surface area contributed by atoms with Crippen LogP contribution in [-0.2, 0) is 30.3 Å². The van der Waals surface area contributed by atoms with Gasteiger partial charge in [0.25, 0.3) is 5.91 Å². The van der Waals surface area contributed by atoms with Gasteiger partial charge in [-0.2, -0.15) is 0 Å².